The van der Waals surface area contributed by atoms with Crippen LogP contribution in [0.4, 0.5) is 4.39 Å². The molecule has 1 N–H and O–H groups in total. The van der Waals surface area contributed by atoms with Crippen molar-refractivity contribution >= 4 is 0 Å². The summed E-state index contributed by atoms with van der Waals surface area (Å²) in [5.74, 6) is 0.446. The fourth-order valence-corrected chi connectivity index (χ4v) is 2.81. The Labute approximate surface area is 119 Å². The van der Waals surface area contributed by atoms with Crippen LogP contribution in [0.1, 0.15) is 47.9 Å². The minimum absolute atomic E-state index is 0.0198. The van der Waals surface area contributed by atoms with Gasteiger partial charge in [0.15, 0.2) is 0 Å². The summed E-state index contributed by atoms with van der Waals surface area (Å²) in [6, 6.07) is 10.2. The van der Waals surface area contributed by atoms with Crippen molar-refractivity contribution in [2.24, 2.45) is 0 Å². The van der Waals surface area contributed by atoms with Gasteiger partial charge in [-0.1, -0.05) is 30.7 Å². The molecule has 2 nitrogen and oxygen atoms in total. The summed E-state index contributed by atoms with van der Waals surface area (Å²) in [6.07, 6.45) is 6.91. The molecule has 1 saturated carbocycles. The van der Waals surface area contributed by atoms with Crippen LogP contribution in [0.5, 0.6) is 0 Å². The van der Waals surface area contributed by atoms with Crippen molar-refractivity contribution in [3.8, 4) is 0 Å². The fraction of sp³-hybridized carbons (Fsp3) is 0.353. The molecule has 0 saturated heterocycles. The Morgan fingerprint density at radius 1 is 1.15 bits per heavy atom. The zero-order valence-electron chi connectivity index (χ0n) is 11.6. The maximum Gasteiger partial charge on any atom is 0.141 e. The highest BCUT2D eigenvalue weighted by atomic mass is 19.1. The number of nitrogens with one attached hydrogen (secondary N) is 1. The standard InChI is InChI=1S/C17H19FN2/c1-19-17(15-9-16(18)11-20-10-15)14-7-5-13(6-8-14)12-3-2-4-12/h5-12,17,19H,2-4H2,1H3. The molecule has 1 aliphatic carbocycles. The lowest BCUT2D eigenvalue weighted by Crippen LogP contribution is -2.18. The maximum absolute atomic E-state index is 13.3. The zero-order chi connectivity index (χ0) is 13.9. The average molecular weight is 270 g/mol. The summed E-state index contributed by atoms with van der Waals surface area (Å²) in [5.41, 5.74) is 3.42. The third kappa shape index (κ3) is 2.59. The van der Waals surface area contributed by atoms with E-state index < -0.39 is 0 Å². The van der Waals surface area contributed by atoms with Crippen molar-refractivity contribution in [2.75, 3.05) is 7.05 Å². The van der Waals surface area contributed by atoms with E-state index in [2.05, 4.69) is 34.6 Å². The smallest absolute Gasteiger partial charge is 0.141 e. The van der Waals surface area contributed by atoms with Crippen molar-refractivity contribution in [2.45, 2.75) is 31.2 Å². The molecule has 0 aliphatic heterocycles. The average Bonchev–Trinajstić information content (AvgIpc) is 2.40. The van der Waals surface area contributed by atoms with Gasteiger partial charge in [0.25, 0.3) is 0 Å². The van der Waals surface area contributed by atoms with Gasteiger partial charge < -0.3 is 5.32 Å². The molecule has 1 aliphatic rings. The van der Waals surface area contributed by atoms with Crippen LogP contribution in [-0.2, 0) is 0 Å². The molecule has 1 heterocycles. The van der Waals surface area contributed by atoms with Crippen molar-refractivity contribution < 1.29 is 4.39 Å². The molecule has 20 heavy (non-hydrogen) atoms. The van der Waals surface area contributed by atoms with Crippen LogP contribution in [-0.4, -0.2) is 12.0 Å². The second-order valence-corrected chi connectivity index (χ2v) is 5.45. The number of nitrogens with zero attached hydrogens (tertiary/aromatic N) is 1. The predicted octanol–water partition coefficient (Wildman–Crippen LogP) is 3.80. The van der Waals surface area contributed by atoms with Crippen LogP contribution in [0.15, 0.2) is 42.7 Å². The lowest BCUT2D eigenvalue weighted by atomic mass is 9.79. The van der Waals surface area contributed by atoms with Crippen LogP contribution < -0.4 is 5.32 Å². The number of hydrogen-bond acceptors (Lipinski definition) is 2. The summed E-state index contributed by atoms with van der Waals surface area (Å²) in [7, 11) is 1.88. The van der Waals surface area contributed by atoms with Gasteiger partial charge in [-0.2, -0.15) is 0 Å². The number of aromatic nitrogens is 1. The molecule has 1 fully saturated rings. The van der Waals surface area contributed by atoms with Crippen molar-refractivity contribution in [1.82, 2.24) is 10.3 Å². The molecule has 1 atom stereocenters. The normalized spacial score (nSPS) is 16.7. The third-order valence-corrected chi connectivity index (χ3v) is 4.19. The Morgan fingerprint density at radius 2 is 1.90 bits per heavy atom. The minimum atomic E-state index is -0.297. The first-order valence-electron chi connectivity index (χ1n) is 7.15. The van der Waals surface area contributed by atoms with E-state index in [1.807, 2.05) is 7.05 Å². The highest BCUT2D eigenvalue weighted by molar-refractivity contribution is 5.34. The Kier molecular flexibility index (Phi) is 3.79. The van der Waals surface area contributed by atoms with Gasteiger partial charge in [0.2, 0.25) is 0 Å². The Morgan fingerprint density at radius 3 is 2.45 bits per heavy atom. The molecule has 1 aromatic carbocycles. The van der Waals surface area contributed by atoms with Crippen LogP contribution in [0.25, 0.3) is 0 Å². The minimum Gasteiger partial charge on any atom is -0.309 e. The highest BCUT2D eigenvalue weighted by Crippen LogP contribution is 2.36. The first-order chi connectivity index (χ1) is 9.78. The van der Waals surface area contributed by atoms with Gasteiger partial charge in [-0.15, -0.1) is 0 Å². The summed E-state index contributed by atoms with van der Waals surface area (Å²) < 4.78 is 13.3. The number of rotatable bonds is 4. The Bertz CT molecular complexity index is 576. The maximum atomic E-state index is 13.3. The molecular weight excluding hydrogens is 251 g/mol. The van der Waals surface area contributed by atoms with Gasteiger partial charge in [-0.3, -0.25) is 4.98 Å². The molecule has 0 amide bonds. The van der Waals surface area contributed by atoms with E-state index in [4.69, 9.17) is 0 Å². The number of hydrogen-bond donors (Lipinski definition) is 1. The van der Waals surface area contributed by atoms with Crippen molar-refractivity contribution in [1.29, 1.82) is 0 Å². The van der Waals surface area contributed by atoms with Gasteiger partial charge in [0.05, 0.1) is 12.2 Å². The van der Waals surface area contributed by atoms with Gasteiger partial charge in [-0.05, 0) is 48.6 Å². The first kappa shape index (κ1) is 13.3. The summed E-state index contributed by atoms with van der Waals surface area (Å²) >= 11 is 0. The molecule has 0 spiro atoms. The monoisotopic (exact) mass is 270 g/mol. The lowest BCUT2D eigenvalue weighted by Gasteiger charge is -2.26. The number of benzene rings is 1. The van der Waals surface area contributed by atoms with E-state index in [0.29, 0.717) is 0 Å². The van der Waals surface area contributed by atoms with E-state index >= 15 is 0 Å². The van der Waals surface area contributed by atoms with E-state index in [1.54, 1.807) is 6.20 Å². The van der Waals surface area contributed by atoms with Gasteiger partial charge in [0.1, 0.15) is 5.82 Å². The van der Waals surface area contributed by atoms with Gasteiger partial charge in [-0.25, -0.2) is 4.39 Å². The highest BCUT2D eigenvalue weighted by Gasteiger charge is 2.20. The topological polar surface area (TPSA) is 24.9 Å². The Balaban J connectivity index is 1.85. The summed E-state index contributed by atoms with van der Waals surface area (Å²) in [6.45, 7) is 0. The second kappa shape index (κ2) is 5.71. The van der Waals surface area contributed by atoms with Crippen LogP contribution in [0.2, 0.25) is 0 Å². The first-order valence-corrected chi connectivity index (χ1v) is 7.15. The third-order valence-electron chi connectivity index (χ3n) is 4.19. The van der Waals surface area contributed by atoms with Crippen molar-refractivity contribution in [3.05, 3.63) is 65.2 Å². The SMILES string of the molecule is CNC(c1ccc(C2CCC2)cc1)c1cncc(F)c1. The largest absolute Gasteiger partial charge is 0.309 e. The van der Waals surface area contributed by atoms with Crippen LogP contribution in [0.3, 0.4) is 0 Å². The van der Waals surface area contributed by atoms with E-state index in [1.165, 1.54) is 37.1 Å². The summed E-state index contributed by atoms with van der Waals surface area (Å²) in [4.78, 5) is 3.93. The van der Waals surface area contributed by atoms with E-state index in [-0.39, 0.29) is 11.9 Å². The van der Waals surface area contributed by atoms with Crippen molar-refractivity contribution in [3.63, 3.8) is 0 Å². The molecular formula is C17H19FN2. The quantitative estimate of drug-likeness (QED) is 0.914. The molecule has 0 bridgehead atoms. The van der Waals surface area contributed by atoms with Crippen LogP contribution >= 0.6 is 0 Å². The second-order valence-electron chi connectivity index (χ2n) is 5.45. The molecule has 3 rings (SSSR count). The number of pyridine rings is 1. The molecule has 1 unspecified atom stereocenters. The number of halogens is 1. The molecule has 0 radical (unpaired) electrons. The fourth-order valence-electron chi connectivity index (χ4n) is 2.81. The zero-order valence-corrected chi connectivity index (χ0v) is 11.6. The predicted molar refractivity (Wildman–Crippen MR) is 78.1 cm³/mol. The molecule has 3 heteroatoms. The molecule has 1 aromatic heterocycles. The summed E-state index contributed by atoms with van der Waals surface area (Å²) in [5, 5.41) is 3.23. The van der Waals surface area contributed by atoms with Gasteiger partial charge in [0, 0.05) is 6.20 Å². The lowest BCUT2D eigenvalue weighted by molar-refractivity contribution is 0.419. The van der Waals surface area contributed by atoms with E-state index in [0.717, 1.165) is 17.0 Å². The molecule has 2 aromatic rings. The Hall–Kier alpha value is -1.74. The van der Waals surface area contributed by atoms with E-state index in [9.17, 15) is 4.39 Å². The van der Waals surface area contributed by atoms with Crippen LogP contribution in [0, 0.1) is 5.82 Å². The molecule has 104 valence electrons. The van der Waals surface area contributed by atoms with Gasteiger partial charge >= 0.3 is 0 Å².